The number of rotatable bonds is 9. The number of hydrogen-bond acceptors (Lipinski definition) is 6. The van der Waals surface area contributed by atoms with Gasteiger partial charge >= 0.3 is 126 Å². The largest absolute Gasteiger partial charge is 0 e. The quantitative estimate of drug-likeness (QED) is 0.143. The summed E-state index contributed by atoms with van der Waals surface area (Å²) in [6, 6.07) is 0. The Kier molecular flexibility index (Phi) is 8.40. The van der Waals surface area contributed by atoms with Gasteiger partial charge in [0.25, 0.3) is 0 Å². The first-order chi connectivity index (χ1) is 9.54. The Balaban J connectivity index is 0.00000220. The van der Waals surface area contributed by atoms with Crippen molar-refractivity contribution in [1.82, 2.24) is 0 Å². The van der Waals surface area contributed by atoms with Crippen LogP contribution in [0.25, 0.3) is 0 Å². The van der Waals surface area contributed by atoms with Crippen molar-refractivity contribution < 1.29 is 22.1 Å². The minimum Gasteiger partial charge on any atom is 0 e. The van der Waals surface area contributed by atoms with Gasteiger partial charge in [0.15, 0.2) is 0 Å². The van der Waals surface area contributed by atoms with E-state index in [0.717, 1.165) is 12.8 Å². The van der Waals surface area contributed by atoms with Crippen LogP contribution in [0, 0.1) is 0 Å². The molecule has 1 aliphatic carbocycles. The molecule has 1 heterocycles. The van der Waals surface area contributed by atoms with Crippen LogP contribution in [0.2, 0.25) is 0 Å². The van der Waals surface area contributed by atoms with Gasteiger partial charge in [0.05, 0.1) is 0 Å². The second kappa shape index (κ2) is 8.58. The van der Waals surface area contributed by atoms with E-state index in [9.17, 15) is 8.42 Å². The Morgan fingerprint density at radius 3 is 2.33 bits per heavy atom. The van der Waals surface area contributed by atoms with E-state index in [1.807, 2.05) is 0 Å². The summed E-state index contributed by atoms with van der Waals surface area (Å²) in [5.74, 6) is 0. The minimum atomic E-state index is -3.33. The van der Waals surface area contributed by atoms with Crippen LogP contribution in [0.1, 0.15) is 32.6 Å². The Morgan fingerprint density at radius 1 is 1.24 bits per heavy atom. The van der Waals surface area contributed by atoms with Gasteiger partial charge in [-0.2, -0.15) is 0 Å². The fraction of sp³-hybridized carbons (Fsp3) is 1.00. The Hall–Kier alpha value is 1.53. The van der Waals surface area contributed by atoms with Gasteiger partial charge in [-0.15, -0.1) is 0 Å². The van der Waals surface area contributed by atoms with E-state index < -0.39 is 19.3 Å². The van der Waals surface area contributed by atoms with Crippen molar-refractivity contribution in [3.05, 3.63) is 0 Å². The fourth-order valence-corrected chi connectivity index (χ4v) is 5.44. The molecule has 0 bridgehead atoms. The summed E-state index contributed by atoms with van der Waals surface area (Å²) in [5.41, 5.74) is 0. The molecule has 121 valence electrons. The van der Waals surface area contributed by atoms with Crippen LogP contribution in [-0.2, 0) is 34.5 Å². The predicted octanol–water partition coefficient (Wildman–Crippen LogP) is 1.21. The summed E-state index contributed by atoms with van der Waals surface area (Å²) >= 11 is 0.444. The number of thiol groups is 1. The molecule has 2 rings (SSSR count). The van der Waals surface area contributed by atoms with Crippen molar-refractivity contribution in [2.75, 3.05) is 33.0 Å². The molecular weight excluding hydrogens is 524 g/mol. The van der Waals surface area contributed by atoms with Gasteiger partial charge in [0.2, 0.25) is 0 Å². The molecule has 2 fully saturated rings. The molecular formula is C12H22O5PS2Tl-. The molecule has 0 spiro atoms. The van der Waals surface area contributed by atoms with E-state index in [1.165, 1.54) is 0 Å². The number of hydrogen-bond donors (Lipinski definition) is 0. The van der Waals surface area contributed by atoms with Crippen molar-refractivity contribution in [2.24, 2.45) is 0 Å². The van der Waals surface area contributed by atoms with E-state index in [1.54, 1.807) is 0 Å². The fourth-order valence-electron chi connectivity index (χ4n) is 2.39. The van der Waals surface area contributed by atoms with Crippen LogP contribution < -0.4 is 0 Å². The third-order valence-corrected chi connectivity index (χ3v) is 7.82. The molecule has 1 saturated heterocycles. The molecule has 0 aromatic rings. The molecule has 5 nitrogen and oxygen atoms in total. The Labute approximate surface area is 152 Å². The molecule has 1 saturated carbocycles. The second-order valence-electron chi connectivity index (χ2n) is 5.62. The van der Waals surface area contributed by atoms with Gasteiger partial charge in [-0.1, -0.05) is 0 Å². The maximum Gasteiger partial charge on any atom is 0 e. The second-order valence-corrected chi connectivity index (χ2v) is 9.27. The summed E-state index contributed by atoms with van der Waals surface area (Å²) in [6.45, 7) is 3.60. The molecule has 0 N–H and O–H groups in total. The number of unbranched alkanes of at least 4 members (excludes halogenated alkanes) is 1. The summed E-state index contributed by atoms with van der Waals surface area (Å²) in [4.78, 5) is 0. The first-order valence-corrected chi connectivity index (χ1v) is 10.3. The molecule has 21 heavy (non-hydrogen) atoms. The zero-order valence-corrected chi connectivity index (χ0v) is 19.4. The third kappa shape index (κ3) is 4.14. The molecule has 1 aliphatic heterocycles. The topological polar surface area (TPSA) is 61.8 Å². The maximum atomic E-state index is 12.9. The summed E-state index contributed by atoms with van der Waals surface area (Å²) < 4.78 is 40.2. The van der Waals surface area contributed by atoms with Gasteiger partial charge in [0, 0.05) is 27.3 Å². The van der Waals surface area contributed by atoms with Crippen molar-refractivity contribution in [2.45, 2.75) is 42.1 Å². The molecule has 0 aromatic heterocycles. The summed E-state index contributed by atoms with van der Waals surface area (Å²) in [5, 5.41) is 0. The van der Waals surface area contributed by atoms with E-state index in [4.69, 9.17) is 13.7 Å². The SMILES string of the molecule is CCCCOCC1(S(=O)(=O)C2(CO[SH-]#P)COC2)CC1.[Tl]. The van der Waals surface area contributed by atoms with Gasteiger partial charge in [-0.3, -0.25) is 0 Å². The maximum absolute atomic E-state index is 12.9. The van der Waals surface area contributed by atoms with Crippen molar-refractivity contribution in [3.8, 4) is 0 Å². The molecule has 0 aromatic carbocycles. The molecule has 0 amide bonds. The first-order valence-electron chi connectivity index (χ1n) is 6.90. The monoisotopic (exact) mass is 546 g/mol. The zero-order chi connectivity index (χ0) is 14.7. The van der Waals surface area contributed by atoms with Crippen LogP contribution in [0.3, 0.4) is 0 Å². The van der Waals surface area contributed by atoms with Gasteiger partial charge < -0.3 is 0 Å². The van der Waals surface area contributed by atoms with Crippen LogP contribution >= 0.6 is 7.81 Å². The van der Waals surface area contributed by atoms with Gasteiger partial charge in [0.1, 0.15) is 0 Å². The third-order valence-electron chi connectivity index (χ3n) is 4.07. The number of sulfone groups is 1. The average Bonchev–Trinajstić information content (AvgIpc) is 3.15. The smallest absolute Gasteiger partial charge is 0 e. The Morgan fingerprint density at radius 2 is 1.90 bits per heavy atom. The summed E-state index contributed by atoms with van der Waals surface area (Å²) in [7, 11) is 0.624. The predicted molar refractivity (Wildman–Crippen MR) is 87.5 cm³/mol. The molecule has 2 aliphatic rings. The first kappa shape index (κ1) is 20.6. The van der Waals surface area contributed by atoms with Crippen LogP contribution in [-0.4, -0.2) is 78.2 Å². The molecule has 9 heteroatoms. The van der Waals surface area contributed by atoms with E-state index in [-0.39, 0.29) is 47.1 Å². The minimum absolute atomic E-state index is 0. The standard InChI is InChI=1S/C12H22O5PS2.Tl/c1-2-3-6-15-7-11(4-5-11)20(13,14)12(8-16-9-12)10-17-19-18;/h19H,2-10H2,1H3;/q-1;. The molecule has 0 unspecified atom stereocenters. The van der Waals surface area contributed by atoms with E-state index >= 15 is 0 Å². The number of ether oxygens (including phenoxy) is 2. The zero-order valence-electron chi connectivity index (χ0n) is 12.3. The van der Waals surface area contributed by atoms with Crippen molar-refractivity contribution >= 4 is 56.0 Å². The summed E-state index contributed by atoms with van der Waals surface area (Å²) in [6.07, 6.45) is 3.38. The Bertz CT molecular complexity index is 482. The molecule has 0 atom stereocenters. The van der Waals surface area contributed by atoms with E-state index in [2.05, 4.69) is 14.7 Å². The van der Waals surface area contributed by atoms with Crippen LogP contribution in [0.15, 0.2) is 0 Å². The van der Waals surface area contributed by atoms with Crippen LogP contribution in [0.5, 0.6) is 0 Å². The van der Waals surface area contributed by atoms with Crippen molar-refractivity contribution in [3.63, 3.8) is 0 Å². The van der Waals surface area contributed by atoms with Gasteiger partial charge in [-0.05, 0) is 0 Å². The van der Waals surface area contributed by atoms with Crippen molar-refractivity contribution in [1.29, 1.82) is 0 Å². The normalized spacial score (nSPS) is 22.1. The van der Waals surface area contributed by atoms with Crippen LogP contribution in [0.4, 0.5) is 0 Å². The van der Waals surface area contributed by atoms with Gasteiger partial charge in [-0.25, -0.2) is 0 Å². The van der Waals surface area contributed by atoms with E-state index in [0.29, 0.717) is 37.1 Å². The molecule has 1 radical (unpaired) electrons. The average molecular weight is 546 g/mol.